The van der Waals surface area contributed by atoms with Crippen LogP contribution in [0, 0.1) is 11.3 Å². The molecule has 28 heavy (non-hydrogen) atoms. The molecule has 2 aliphatic rings. The van der Waals surface area contributed by atoms with E-state index in [0.29, 0.717) is 19.8 Å². The number of nitrogens with zero attached hydrogens (tertiary/aromatic N) is 2. The maximum absolute atomic E-state index is 13.0. The molecule has 2 aliphatic heterocycles. The fraction of sp³-hybridized carbons (Fsp3) is 0.391. The van der Waals surface area contributed by atoms with Gasteiger partial charge in [-0.2, -0.15) is 0 Å². The normalized spacial score (nSPS) is 24.5. The van der Waals surface area contributed by atoms with Gasteiger partial charge in [-0.05, 0) is 23.6 Å². The van der Waals surface area contributed by atoms with Crippen LogP contribution >= 0.6 is 0 Å². The predicted molar refractivity (Wildman–Crippen MR) is 110 cm³/mol. The molecular formula is C23H27N3O2. The molecule has 146 valence electrons. The molecule has 0 unspecified atom stereocenters. The van der Waals surface area contributed by atoms with Gasteiger partial charge in [0, 0.05) is 44.5 Å². The molecule has 1 aromatic carbocycles. The molecule has 0 bridgehead atoms. The minimum Gasteiger partial charge on any atom is -0.380 e. The Bertz CT molecular complexity index is 809. The van der Waals surface area contributed by atoms with E-state index in [0.717, 1.165) is 31.6 Å². The summed E-state index contributed by atoms with van der Waals surface area (Å²) >= 11 is 0. The van der Waals surface area contributed by atoms with Crippen LogP contribution in [0.5, 0.6) is 0 Å². The van der Waals surface area contributed by atoms with E-state index in [1.807, 2.05) is 36.5 Å². The first kappa shape index (κ1) is 18.8. The zero-order chi connectivity index (χ0) is 19.2. The Morgan fingerprint density at radius 2 is 2.18 bits per heavy atom. The quantitative estimate of drug-likeness (QED) is 0.805. The summed E-state index contributed by atoms with van der Waals surface area (Å²) in [5.74, 6) is 0.407. The maximum atomic E-state index is 13.0. The van der Waals surface area contributed by atoms with Crippen LogP contribution in [0.3, 0.4) is 0 Å². The molecular weight excluding hydrogens is 350 g/mol. The molecule has 0 saturated carbocycles. The summed E-state index contributed by atoms with van der Waals surface area (Å²) in [6.07, 6.45) is 8.74. The number of carbonyl (C=O) groups is 1. The van der Waals surface area contributed by atoms with Gasteiger partial charge < -0.3 is 10.1 Å². The molecule has 1 amide bonds. The van der Waals surface area contributed by atoms with Crippen molar-refractivity contribution < 1.29 is 9.53 Å². The lowest BCUT2D eigenvalue weighted by Gasteiger charge is -2.26. The molecule has 2 saturated heterocycles. The second kappa shape index (κ2) is 8.67. The molecule has 5 nitrogen and oxygen atoms in total. The molecule has 0 spiro atoms. The molecule has 2 fully saturated rings. The van der Waals surface area contributed by atoms with Gasteiger partial charge >= 0.3 is 0 Å². The third kappa shape index (κ3) is 4.16. The van der Waals surface area contributed by atoms with Crippen LogP contribution in [0.15, 0.2) is 60.9 Å². The van der Waals surface area contributed by atoms with Gasteiger partial charge in [0.1, 0.15) is 0 Å². The number of pyridine rings is 1. The Labute approximate surface area is 166 Å². The molecule has 0 aliphatic carbocycles. The molecule has 1 N–H and O–H groups in total. The van der Waals surface area contributed by atoms with Gasteiger partial charge in [0.05, 0.1) is 18.6 Å². The second-order valence-corrected chi connectivity index (χ2v) is 7.74. The van der Waals surface area contributed by atoms with Gasteiger partial charge in [-0.15, -0.1) is 0 Å². The van der Waals surface area contributed by atoms with Gasteiger partial charge in [0.25, 0.3) is 0 Å². The number of likely N-dealkylation sites (tertiary alicyclic amines) is 1. The molecule has 2 atom stereocenters. The fourth-order valence-electron chi connectivity index (χ4n) is 4.24. The van der Waals surface area contributed by atoms with Crippen molar-refractivity contribution >= 4 is 12.0 Å². The van der Waals surface area contributed by atoms with Gasteiger partial charge in [0.15, 0.2) is 0 Å². The predicted octanol–water partition coefficient (Wildman–Crippen LogP) is 2.40. The van der Waals surface area contributed by atoms with Crippen molar-refractivity contribution in [3.05, 3.63) is 72.1 Å². The van der Waals surface area contributed by atoms with Crippen molar-refractivity contribution in [2.45, 2.75) is 6.42 Å². The van der Waals surface area contributed by atoms with E-state index < -0.39 is 5.41 Å². The summed E-state index contributed by atoms with van der Waals surface area (Å²) in [4.78, 5) is 19.5. The molecule has 4 rings (SSSR count). The van der Waals surface area contributed by atoms with Gasteiger partial charge in [-0.1, -0.05) is 48.6 Å². The largest absolute Gasteiger partial charge is 0.380 e. The molecule has 3 heterocycles. The van der Waals surface area contributed by atoms with Crippen molar-refractivity contribution in [1.29, 1.82) is 0 Å². The van der Waals surface area contributed by atoms with Crippen LogP contribution in [-0.4, -0.2) is 55.2 Å². The first-order valence-corrected chi connectivity index (χ1v) is 9.95. The van der Waals surface area contributed by atoms with E-state index in [-0.39, 0.29) is 11.8 Å². The zero-order valence-electron chi connectivity index (χ0n) is 16.1. The first-order valence-electron chi connectivity index (χ1n) is 9.95. The number of ether oxygens (including phenoxy) is 1. The summed E-state index contributed by atoms with van der Waals surface area (Å²) in [5.41, 5.74) is 1.93. The molecule has 2 aromatic rings. The van der Waals surface area contributed by atoms with Crippen molar-refractivity contribution in [3.63, 3.8) is 0 Å². The SMILES string of the molecule is O=C(NCCc1cccnc1)[C@@]12COC[C@@H]1CN(C/C=C/c1ccccc1)C2. The number of rotatable bonds is 7. The number of benzene rings is 1. The highest BCUT2D eigenvalue weighted by Crippen LogP contribution is 2.41. The average molecular weight is 377 g/mol. The Morgan fingerprint density at radius 1 is 1.29 bits per heavy atom. The van der Waals surface area contributed by atoms with E-state index >= 15 is 0 Å². The minimum absolute atomic E-state index is 0.133. The zero-order valence-corrected chi connectivity index (χ0v) is 16.1. The van der Waals surface area contributed by atoms with E-state index in [4.69, 9.17) is 4.74 Å². The van der Waals surface area contributed by atoms with Crippen LogP contribution in [-0.2, 0) is 16.0 Å². The highest BCUT2D eigenvalue weighted by Gasteiger charge is 2.55. The number of carbonyl (C=O) groups excluding carboxylic acids is 1. The Hall–Kier alpha value is -2.50. The van der Waals surface area contributed by atoms with Crippen LogP contribution in [0.2, 0.25) is 0 Å². The highest BCUT2D eigenvalue weighted by molar-refractivity contribution is 5.84. The summed E-state index contributed by atoms with van der Waals surface area (Å²) in [7, 11) is 0. The first-order chi connectivity index (χ1) is 13.8. The Kier molecular flexibility index (Phi) is 5.84. The lowest BCUT2D eigenvalue weighted by molar-refractivity contribution is -0.131. The lowest BCUT2D eigenvalue weighted by Crippen LogP contribution is -2.47. The van der Waals surface area contributed by atoms with Crippen LogP contribution in [0.1, 0.15) is 11.1 Å². The van der Waals surface area contributed by atoms with Crippen LogP contribution in [0.4, 0.5) is 0 Å². The van der Waals surface area contributed by atoms with Crippen LogP contribution < -0.4 is 5.32 Å². The molecule has 0 radical (unpaired) electrons. The fourth-order valence-corrected chi connectivity index (χ4v) is 4.24. The van der Waals surface area contributed by atoms with E-state index in [1.54, 1.807) is 6.20 Å². The van der Waals surface area contributed by atoms with E-state index in [1.165, 1.54) is 5.56 Å². The van der Waals surface area contributed by atoms with Gasteiger partial charge in [0.2, 0.25) is 5.91 Å². The molecule has 1 aromatic heterocycles. The smallest absolute Gasteiger partial charge is 0.230 e. The van der Waals surface area contributed by atoms with Crippen molar-refractivity contribution in [3.8, 4) is 0 Å². The third-order valence-corrected chi connectivity index (χ3v) is 5.79. The Balaban J connectivity index is 1.32. The van der Waals surface area contributed by atoms with Crippen molar-refractivity contribution in [2.75, 3.05) is 39.4 Å². The van der Waals surface area contributed by atoms with Crippen molar-refractivity contribution in [1.82, 2.24) is 15.2 Å². The lowest BCUT2D eigenvalue weighted by atomic mass is 9.80. The van der Waals surface area contributed by atoms with E-state index in [9.17, 15) is 4.79 Å². The van der Waals surface area contributed by atoms with Gasteiger partial charge in [-0.25, -0.2) is 0 Å². The summed E-state index contributed by atoms with van der Waals surface area (Å²) in [6.45, 7) is 4.36. The standard InChI is InChI=1S/C23H27N3O2/c27-22(25-12-10-20-8-4-11-24-14-20)23-17-26(15-21(23)16-28-18-23)13-5-9-19-6-2-1-3-7-19/h1-9,11,14,21H,10,12-13,15-18H2,(H,25,27)/b9-5+/t21-,23-/m0/s1. The maximum Gasteiger partial charge on any atom is 0.230 e. The average Bonchev–Trinajstić information content (AvgIpc) is 3.28. The third-order valence-electron chi connectivity index (χ3n) is 5.79. The summed E-state index contributed by atoms with van der Waals surface area (Å²) in [6, 6.07) is 14.3. The number of hydrogen-bond donors (Lipinski definition) is 1. The minimum atomic E-state index is -0.407. The Morgan fingerprint density at radius 3 is 3.00 bits per heavy atom. The topological polar surface area (TPSA) is 54.5 Å². The highest BCUT2D eigenvalue weighted by atomic mass is 16.5. The van der Waals surface area contributed by atoms with Crippen molar-refractivity contribution in [2.24, 2.45) is 11.3 Å². The number of nitrogens with one attached hydrogen (secondary N) is 1. The number of hydrogen-bond acceptors (Lipinski definition) is 4. The summed E-state index contributed by atoms with van der Waals surface area (Å²) < 4.78 is 5.71. The van der Waals surface area contributed by atoms with E-state index in [2.05, 4.69) is 39.5 Å². The molecule has 5 heteroatoms. The number of fused-ring (bicyclic) bond motifs is 1. The van der Waals surface area contributed by atoms with Crippen LogP contribution in [0.25, 0.3) is 6.08 Å². The van der Waals surface area contributed by atoms with Gasteiger partial charge in [-0.3, -0.25) is 14.7 Å². The monoisotopic (exact) mass is 377 g/mol. The number of amides is 1. The number of aromatic nitrogens is 1. The summed E-state index contributed by atoms with van der Waals surface area (Å²) in [5, 5.41) is 3.15. The second-order valence-electron chi connectivity index (χ2n) is 7.74.